The Morgan fingerprint density at radius 3 is 2.19 bits per heavy atom. The van der Waals surface area contributed by atoms with E-state index < -0.39 is 18.1 Å². The topological polar surface area (TPSA) is 49.9 Å². The number of hydroxylamine groups is 1. The van der Waals surface area contributed by atoms with Crippen LogP contribution in [0.3, 0.4) is 0 Å². The summed E-state index contributed by atoms with van der Waals surface area (Å²) in [4.78, 5) is 34.3. The molecule has 0 aromatic heterocycles. The molecule has 2 heterocycles. The number of nitrogens with zero attached hydrogens (tertiary/aromatic N) is 2. The Bertz CT molecular complexity index is 1160. The molecule has 5 rings (SSSR count). The number of fused-ring (bicyclic) bond motifs is 1. The van der Waals surface area contributed by atoms with Gasteiger partial charge in [-0.3, -0.25) is 14.4 Å². The number of hydrogen-bond acceptors (Lipinski definition) is 4. The molecule has 3 aromatic rings. The van der Waals surface area contributed by atoms with E-state index in [9.17, 15) is 9.59 Å². The molecular weight excluding hydrogens is 412 g/mol. The minimum Gasteiger partial charge on any atom is -0.273 e. The number of rotatable bonds is 3. The minimum absolute atomic E-state index is 0.253. The maximum atomic E-state index is 13.6. The second kappa shape index (κ2) is 7.52. The van der Waals surface area contributed by atoms with E-state index in [0.29, 0.717) is 10.7 Å². The van der Waals surface area contributed by atoms with Crippen LogP contribution in [0.4, 0.5) is 11.4 Å². The number of imide groups is 1. The van der Waals surface area contributed by atoms with E-state index in [-0.39, 0.29) is 11.8 Å². The molecule has 156 valence electrons. The number of halogens is 1. The van der Waals surface area contributed by atoms with Gasteiger partial charge in [-0.05, 0) is 66.9 Å². The van der Waals surface area contributed by atoms with Gasteiger partial charge in [-0.15, -0.1) is 0 Å². The van der Waals surface area contributed by atoms with E-state index in [2.05, 4.69) is 0 Å². The summed E-state index contributed by atoms with van der Waals surface area (Å²) in [7, 11) is 0. The Labute approximate surface area is 185 Å². The lowest BCUT2D eigenvalue weighted by atomic mass is 9.90. The van der Waals surface area contributed by atoms with Crippen molar-refractivity contribution in [3.8, 4) is 0 Å². The predicted molar refractivity (Wildman–Crippen MR) is 120 cm³/mol. The summed E-state index contributed by atoms with van der Waals surface area (Å²) in [6, 6.07) is 22.0. The van der Waals surface area contributed by atoms with Crippen LogP contribution >= 0.6 is 11.6 Å². The number of carbonyl (C=O) groups is 2. The molecule has 2 fully saturated rings. The largest absolute Gasteiger partial charge is 0.273 e. The molecule has 31 heavy (non-hydrogen) atoms. The normalized spacial score (nSPS) is 22.9. The van der Waals surface area contributed by atoms with E-state index >= 15 is 0 Å². The third-order valence-electron chi connectivity index (χ3n) is 6.09. The number of amides is 2. The second-order valence-electron chi connectivity index (χ2n) is 7.99. The Balaban J connectivity index is 1.58. The SMILES string of the molecule is Cc1ccc(N2C(=O)[C@H]3[C@@H](c4ccc(Cl)cc4)N(c4ccccc4)O[C@H]3C2=O)cc1C. The van der Waals surface area contributed by atoms with Crippen LogP contribution in [0, 0.1) is 19.8 Å². The first-order valence-electron chi connectivity index (χ1n) is 10.2. The molecule has 5 nitrogen and oxygen atoms in total. The molecule has 0 N–H and O–H groups in total. The van der Waals surface area contributed by atoms with E-state index in [1.165, 1.54) is 4.90 Å². The van der Waals surface area contributed by atoms with Gasteiger partial charge in [0.15, 0.2) is 6.10 Å². The van der Waals surface area contributed by atoms with Crippen molar-refractivity contribution in [2.75, 3.05) is 9.96 Å². The van der Waals surface area contributed by atoms with Gasteiger partial charge in [-0.2, -0.15) is 0 Å². The number of anilines is 2. The van der Waals surface area contributed by atoms with Crippen molar-refractivity contribution >= 4 is 34.8 Å². The van der Waals surface area contributed by atoms with Gasteiger partial charge in [0, 0.05) is 5.02 Å². The summed E-state index contributed by atoms with van der Waals surface area (Å²) in [5, 5.41) is 2.29. The van der Waals surface area contributed by atoms with Crippen molar-refractivity contribution in [1.29, 1.82) is 0 Å². The summed E-state index contributed by atoms with van der Waals surface area (Å²) < 4.78 is 0. The molecule has 3 atom stereocenters. The zero-order chi connectivity index (χ0) is 21.7. The summed E-state index contributed by atoms with van der Waals surface area (Å²) in [6.45, 7) is 3.97. The Hall–Kier alpha value is -3.15. The average molecular weight is 433 g/mol. The van der Waals surface area contributed by atoms with E-state index in [0.717, 1.165) is 22.4 Å². The Kier molecular flexibility index (Phi) is 4.80. The molecule has 0 saturated carbocycles. The fraction of sp³-hybridized carbons (Fsp3) is 0.200. The van der Waals surface area contributed by atoms with Crippen LogP contribution < -0.4 is 9.96 Å². The number of hydrogen-bond donors (Lipinski definition) is 0. The maximum absolute atomic E-state index is 13.6. The van der Waals surface area contributed by atoms with Crippen LogP contribution in [0.25, 0.3) is 0 Å². The molecule has 2 amide bonds. The van der Waals surface area contributed by atoms with Gasteiger partial charge >= 0.3 is 0 Å². The van der Waals surface area contributed by atoms with E-state index in [1.54, 1.807) is 17.2 Å². The van der Waals surface area contributed by atoms with Crippen molar-refractivity contribution in [3.05, 3.63) is 94.5 Å². The molecular formula is C25H21ClN2O3. The average Bonchev–Trinajstić information content (AvgIpc) is 3.28. The van der Waals surface area contributed by atoms with Crippen LogP contribution in [0.1, 0.15) is 22.7 Å². The highest BCUT2D eigenvalue weighted by atomic mass is 35.5. The molecule has 6 heteroatoms. The zero-order valence-electron chi connectivity index (χ0n) is 17.2. The monoisotopic (exact) mass is 432 g/mol. The van der Waals surface area contributed by atoms with Gasteiger partial charge in [0.05, 0.1) is 17.4 Å². The fourth-order valence-electron chi connectivity index (χ4n) is 4.33. The Morgan fingerprint density at radius 1 is 0.806 bits per heavy atom. The number of benzene rings is 3. The third kappa shape index (κ3) is 3.21. The molecule has 0 unspecified atom stereocenters. The molecule has 0 aliphatic carbocycles. The highest BCUT2D eigenvalue weighted by Crippen LogP contribution is 2.47. The van der Waals surface area contributed by atoms with Crippen LogP contribution in [0.5, 0.6) is 0 Å². The number of aryl methyl sites for hydroxylation is 2. The lowest BCUT2D eigenvalue weighted by Crippen LogP contribution is -2.37. The molecule has 0 spiro atoms. The van der Waals surface area contributed by atoms with Gasteiger partial charge in [-0.25, -0.2) is 9.96 Å². The molecule has 0 radical (unpaired) electrons. The van der Waals surface area contributed by atoms with Crippen LogP contribution in [-0.2, 0) is 14.4 Å². The first-order chi connectivity index (χ1) is 15.0. The highest BCUT2D eigenvalue weighted by Gasteiger charge is 2.60. The summed E-state index contributed by atoms with van der Waals surface area (Å²) in [6.07, 6.45) is -0.880. The Morgan fingerprint density at radius 2 is 1.52 bits per heavy atom. The molecule has 2 aliphatic heterocycles. The molecule has 2 saturated heterocycles. The quantitative estimate of drug-likeness (QED) is 0.546. The van der Waals surface area contributed by atoms with Crippen molar-refractivity contribution in [2.45, 2.75) is 26.0 Å². The summed E-state index contributed by atoms with van der Waals surface area (Å²) in [5.41, 5.74) is 4.36. The van der Waals surface area contributed by atoms with Gasteiger partial charge < -0.3 is 0 Å². The zero-order valence-corrected chi connectivity index (χ0v) is 17.9. The van der Waals surface area contributed by atoms with E-state index in [1.807, 2.05) is 74.5 Å². The highest BCUT2D eigenvalue weighted by molar-refractivity contribution is 6.30. The molecule has 0 bridgehead atoms. The van der Waals surface area contributed by atoms with Crippen molar-refractivity contribution < 1.29 is 14.4 Å². The smallest absolute Gasteiger partial charge is 0.266 e. The second-order valence-corrected chi connectivity index (χ2v) is 8.43. The van der Waals surface area contributed by atoms with E-state index in [4.69, 9.17) is 16.4 Å². The number of carbonyl (C=O) groups excluding carboxylic acids is 2. The van der Waals surface area contributed by atoms with Gasteiger partial charge in [0.1, 0.15) is 5.92 Å². The fourth-order valence-corrected chi connectivity index (χ4v) is 4.46. The standard InChI is InChI=1S/C25H21ClN2O3/c1-15-8-13-20(14-16(15)2)27-24(29)21-22(17-9-11-18(26)12-10-17)28(31-23(21)25(27)30)19-6-4-3-5-7-19/h3-14,21-23H,1-2H3/t21-,22+,23+/m0/s1. The third-order valence-corrected chi connectivity index (χ3v) is 6.34. The lowest BCUT2D eigenvalue weighted by Gasteiger charge is -2.29. The first-order valence-corrected chi connectivity index (χ1v) is 10.5. The van der Waals surface area contributed by atoms with Crippen LogP contribution in [-0.4, -0.2) is 17.9 Å². The van der Waals surface area contributed by atoms with Crippen molar-refractivity contribution in [1.82, 2.24) is 0 Å². The number of para-hydroxylation sites is 1. The van der Waals surface area contributed by atoms with Crippen LogP contribution in [0.15, 0.2) is 72.8 Å². The molecule has 2 aliphatic rings. The lowest BCUT2D eigenvalue weighted by molar-refractivity contribution is -0.126. The summed E-state index contributed by atoms with van der Waals surface area (Å²) >= 11 is 6.09. The van der Waals surface area contributed by atoms with Gasteiger partial charge in [0.2, 0.25) is 5.91 Å². The van der Waals surface area contributed by atoms with Gasteiger partial charge in [-0.1, -0.05) is 48.0 Å². The summed E-state index contributed by atoms with van der Waals surface area (Å²) in [5.74, 6) is -1.25. The van der Waals surface area contributed by atoms with Crippen LogP contribution in [0.2, 0.25) is 5.02 Å². The molecule has 3 aromatic carbocycles. The maximum Gasteiger partial charge on any atom is 0.266 e. The first kappa shape index (κ1) is 19.8. The van der Waals surface area contributed by atoms with Crippen molar-refractivity contribution in [3.63, 3.8) is 0 Å². The van der Waals surface area contributed by atoms with Crippen molar-refractivity contribution in [2.24, 2.45) is 5.92 Å². The predicted octanol–water partition coefficient (Wildman–Crippen LogP) is 5.01. The minimum atomic E-state index is -0.880. The van der Waals surface area contributed by atoms with Gasteiger partial charge in [0.25, 0.3) is 5.91 Å².